The second-order valence-corrected chi connectivity index (χ2v) is 10.9. The van der Waals surface area contributed by atoms with E-state index in [4.69, 9.17) is 26.1 Å². The molecule has 38 heavy (non-hydrogen) atoms. The van der Waals surface area contributed by atoms with Crippen molar-refractivity contribution in [1.82, 2.24) is 14.5 Å². The van der Waals surface area contributed by atoms with Crippen LogP contribution in [0.3, 0.4) is 0 Å². The molecule has 0 amide bonds. The summed E-state index contributed by atoms with van der Waals surface area (Å²) in [4.78, 5) is 7.25. The van der Waals surface area contributed by atoms with Crippen molar-refractivity contribution in [1.29, 1.82) is 0 Å². The van der Waals surface area contributed by atoms with E-state index < -0.39 is 6.10 Å². The highest BCUT2D eigenvalue weighted by molar-refractivity contribution is 6.30. The molecule has 1 N–H and O–H groups in total. The molecule has 3 aliphatic heterocycles. The average Bonchev–Trinajstić information content (AvgIpc) is 3.19. The number of halogens is 2. The van der Waals surface area contributed by atoms with E-state index in [0.29, 0.717) is 16.5 Å². The summed E-state index contributed by atoms with van der Waals surface area (Å²) in [6, 6.07) is 11.0. The highest BCUT2D eigenvalue weighted by Gasteiger charge is 2.29. The van der Waals surface area contributed by atoms with Crippen LogP contribution in [0.2, 0.25) is 5.02 Å². The van der Waals surface area contributed by atoms with Crippen LogP contribution in [0.1, 0.15) is 65.2 Å². The number of hydrogen-bond acceptors (Lipinski definition) is 5. The molecule has 4 heterocycles. The molecule has 2 atom stereocenters. The largest absolute Gasteiger partial charge is 0.481 e. The van der Waals surface area contributed by atoms with E-state index in [-0.39, 0.29) is 18.5 Å². The van der Waals surface area contributed by atoms with Gasteiger partial charge < -0.3 is 19.1 Å². The first-order valence-electron chi connectivity index (χ1n) is 13.4. The van der Waals surface area contributed by atoms with Crippen LogP contribution in [0.5, 0.6) is 5.75 Å². The Kier molecular flexibility index (Phi) is 7.27. The predicted octanol–water partition coefficient (Wildman–Crippen LogP) is 5.79. The molecule has 6 rings (SSSR count). The van der Waals surface area contributed by atoms with Gasteiger partial charge in [-0.05, 0) is 69.0 Å². The molecule has 0 radical (unpaired) electrons. The smallest absolute Gasteiger partial charge is 0.145 e. The van der Waals surface area contributed by atoms with E-state index in [0.717, 1.165) is 80.6 Å². The maximum absolute atomic E-state index is 14.6. The fourth-order valence-corrected chi connectivity index (χ4v) is 6.02. The van der Waals surface area contributed by atoms with E-state index >= 15 is 0 Å². The average molecular weight is 538 g/mol. The number of aryl methyl sites for hydroxylation is 1. The van der Waals surface area contributed by atoms with E-state index in [2.05, 4.69) is 21.6 Å². The fourth-order valence-electron chi connectivity index (χ4n) is 5.86. The summed E-state index contributed by atoms with van der Waals surface area (Å²) in [5, 5.41) is 10.3. The van der Waals surface area contributed by atoms with Crippen LogP contribution in [0, 0.1) is 12.7 Å². The molecule has 1 aromatic heterocycles. The number of aliphatic hydroxyl groups is 1. The number of likely N-dealkylation sites (tertiary alicyclic amines) is 1. The summed E-state index contributed by atoms with van der Waals surface area (Å²) in [6.45, 7) is 6.16. The number of piperidine rings is 1. The van der Waals surface area contributed by atoms with Gasteiger partial charge in [-0.2, -0.15) is 0 Å². The molecule has 2 aromatic carbocycles. The second kappa shape index (κ2) is 10.8. The minimum atomic E-state index is -0.483. The van der Waals surface area contributed by atoms with Gasteiger partial charge in [-0.3, -0.25) is 4.90 Å². The predicted molar refractivity (Wildman–Crippen MR) is 145 cm³/mol. The molecule has 6 nitrogen and oxygen atoms in total. The van der Waals surface area contributed by atoms with E-state index in [1.807, 2.05) is 25.1 Å². The molecular weight excluding hydrogens is 505 g/mol. The van der Waals surface area contributed by atoms with Crippen LogP contribution >= 0.6 is 11.6 Å². The lowest BCUT2D eigenvalue weighted by molar-refractivity contribution is -0.0604. The molecule has 2 fully saturated rings. The third kappa shape index (κ3) is 5.00. The van der Waals surface area contributed by atoms with Gasteiger partial charge in [-0.25, -0.2) is 9.37 Å². The molecule has 3 aromatic rings. The van der Waals surface area contributed by atoms with Crippen molar-refractivity contribution < 1.29 is 19.0 Å². The number of imidazole rings is 1. The number of nitrogens with zero attached hydrogens (tertiary/aromatic N) is 3. The molecule has 2 saturated heterocycles. The highest BCUT2D eigenvalue weighted by atomic mass is 35.5. The number of hydrogen-bond donors (Lipinski definition) is 1. The van der Waals surface area contributed by atoms with Gasteiger partial charge in [-0.15, -0.1) is 0 Å². The minimum Gasteiger partial charge on any atom is -0.481 e. The second-order valence-electron chi connectivity index (χ2n) is 10.5. The summed E-state index contributed by atoms with van der Waals surface area (Å²) in [6.07, 6.45) is 6.72. The molecule has 0 saturated carbocycles. The van der Waals surface area contributed by atoms with E-state index in [1.165, 1.54) is 11.6 Å². The zero-order chi connectivity index (χ0) is 26.2. The molecule has 0 spiro atoms. The SMILES string of the molecule is Cc1nc(CN2CCC(c3cccc4c3OC(c3ccc(Cl)cc3F)C=C4)CC2)n(CC2CCO2)c1CO. The number of fused-ring (bicyclic) bond motifs is 1. The lowest BCUT2D eigenvalue weighted by Crippen LogP contribution is -2.35. The number of rotatable bonds is 7. The fraction of sp³-hybridized carbons (Fsp3) is 0.433. The molecule has 8 heteroatoms. The Labute approximate surface area is 227 Å². The van der Waals surface area contributed by atoms with E-state index in [1.54, 1.807) is 12.1 Å². The number of benzene rings is 2. The standard InChI is InChI=1S/C30H33ClFN3O3/c1-19-27(18-36)35(16-23-11-14-37-23)29(33-19)17-34-12-9-20(10-13-34)24-4-2-3-21-5-8-28(38-30(21)24)25-7-6-22(31)15-26(25)32/h2-8,15,20,23,28,36H,9-14,16-18H2,1H3. The molecule has 0 aliphatic carbocycles. The Morgan fingerprint density at radius 2 is 1.95 bits per heavy atom. The van der Waals surface area contributed by atoms with Crippen molar-refractivity contribution in [2.24, 2.45) is 0 Å². The molecule has 200 valence electrons. The van der Waals surface area contributed by atoms with Gasteiger partial charge in [0.15, 0.2) is 0 Å². The minimum absolute atomic E-state index is 0.0118. The number of para-hydroxylation sites is 1. The summed E-state index contributed by atoms with van der Waals surface area (Å²) in [5.74, 6) is 1.86. The third-order valence-electron chi connectivity index (χ3n) is 8.11. The zero-order valence-corrected chi connectivity index (χ0v) is 22.3. The van der Waals surface area contributed by atoms with Crippen LogP contribution in [-0.4, -0.2) is 45.4 Å². The highest BCUT2D eigenvalue weighted by Crippen LogP contribution is 2.42. The van der Waals surface area contributed by atoms with Crippen molar-refractivity contribution in [3.63, 3.8) is 0 Å². The normalized spacial score (nSPS) is 21.7. The van der Waals surface area contributed by atoms with Crippen molar-refractivity contribution in [2.75, 3.05) is 19.7 Å². The Morgan fingerprint density at radius 3 is 2.66 bits per heavy atom. The molecule has 2 unspecified atom stereocenters. The van der Waals surface area contributed by atoms with Crippen molar-refractivity contribution in [2.45, 2.75) is 64.0 Å². The number of ether oxygens (including phenoxy) is 2. The van der Waals surface area contributed by atoms with Gasteiger partial charge in [0.1, 0.15) is 23.5 Å². The number of aliphatic hydroxyl groups excluding tert-OH is 1. The van der Waals surface area contributed by atoms with Gasteiger partial charge in [0, 0.05) is 22.8 Å². The first-order valence-corrected chi connectivity index (χ1v) is 13.8. The van der Waals surface area contributed by atoms with E-state index in [9.17, 15) is 9.50 Å². The topological polar surface area (TPSA) is 59.8 Å². The first-order chi connectivity index (χ1) is 18.5. The summed E-state index contributed by atoms with van der Waals surface area (Å²) in [7, 11) is 0. The molecule has 0 bridgehead atoms. The Balaban J connectivity index is 1.15. The monoisotopic (exact) mass is 537 g/mol. The van der Waals surface area contributed by atoms with Gasteiger partial charge >= 0.3 is 0 Å². The van der Waals surface area contributed by atoms with Crippen LogP contribution in [-0.2, 0) is 24.4 Å². The van der Waals surface area contributed by atoms with Crippen LogP contribution < -0.4 is 4.74 Å². The molecule has 3 aliphatic rings. The van der Waals surface area contributed by atoms with Crippen LogP contribution in [0.25, 0.3) is 6.08 Å². The van der Waals surface area contributed by atoms with Crippen LogP contribution in [0.4, 0.5) is 4.39 Å². The van der Waals surface area contributed by atoms with Crippen molar-refractivity contribution >= 4 is 17.7 Å². The van der Waals surface area contributed by atoms with Crippen molar-refractivity contribution in [3.05, 3.63) is 87.2 Å². The first kappa shape index (κ1) is 25.6. The van der Waals surface area contributed by atoms with Crippen molar-refractivity contribution in [3.8, 4) is 5.75 Å². The van der Waals surface area contributed by atoms with Gasteiger partial charge in [0.05, 0.1) is 37.2 Å². The summed E-state index contributed by atoms with van der Waals surface area (Å²) in [5.41, 5.74) is 4.49. The zero-order valence-electron chi connectivity index (χ0n) is 21.6. The lowest BCUT2D eigenvalue weighted by Gasteiger charge is -2.34. The third-order valence-corrected chi connectivity index (χ3v) is 8.35. The summed E-state index contributed by atoms with van der Waals surface area (Å²) >= 11 is 5.96. The number of aromatic nitrogens is 2. The van der Waals surface area contributed by atoms with Gasteiger partial charge in [0.2, 0.25) is 0 Å². The van der Waals surface area contributed by atoms with Gasteiger partial charge in [0.25, 0.3) is 0 Å². The Bertz CT molecular complexity index is 1340. The van der Waals surface area contributed by atoms with Crippen LogP contribution in [0.15, 0.2) is 42.5 Å². The Hall–Kier alpha value is -2.71. The lowest BCUT2D eigenvalue weighted by atomic mass is 9.87. The quantitative estimate of drug-likeness (QED) is 0.413. The maximum atomic E-state index is 14.6. The van der Waals surface area contributed by atoms with Gasteiger partial charge in [-0.1, -0.05) is 41.9 Å². The summed E-state index contributed by atoms with van der Waals surface area (Å²) < 4.78 is 28.9. The maximum Gasteiger partial charge on any atom is 0.145 e. The Morgan fingerprint density at radius 1 is 1.13 bits per heavy atom. The molecular formula is C30H33ClFN3O3.